The molecule has 0 rings (SSSR count). The molecule has 0 nitrogen and oxygen atoms in total. The van der Waals surface area contributed by atoms with Crippen LogP contribution in [0.2, 0.25) is 0 Å². The summed E-state index contributed by atoms with van der Waals surface area (Å²) in [5.41, 5.74) is 3.15. The van der Waals surface area contributed by atoms with Crippen molar-refractivity contribution in [3.8, 4) is 0 Å². The Balaban J connectivity index is 4.74. The second kappa shape index (κ2) is 12.0. The third-order valence-corrected chi connectivity index (χ3v) is 3.31. The topological polar surface area (TPSA) is 0 Å². The Bertz CT molecular complexity index is 302. The minimum Gasteiger partial charge on any atom is -0.103 e. The molecule has 0 saturated heterocycles. The van der Waals surface area contributed by atoms with Gasteiger partial charge in [0.1, 0.15) is 0 Å². The van der Waals surface area contributed by atoms with Crippen molar-refractivity contribution in [1.82, 2.24) is 0 Å². The van der Waals surface area contributed by atoms with Gasteiger partial charge in [0.2, 0.25) is 0 Å². The van der Waals surface area contributed by atoms with Gasteiger partial charge in [0, 0.05) is 0 Å². The van der Waals surface area contributed by atoms with Crippen LogP contribution < -0.4 is 0 Å². The molecule has 108 valence electrons. The van der Waals surface area contributed by atoms with Crippen molar-refractivity contribution in [2.75, 3.05) is 0 Å². The Labute approximate surface area is 121 Å². The average molecular weight is 260 g/mol. The van der Waals surface area contributed by atoms with Gasteiger partial charge >= 0.3 is 0 Å². The summed E-state index contributed by atoms with van der Waals surface area (Å²) in [6.45, 7) is 14.4. The molecule has 0 bridgehead atoms. The predicted molar refractivity (Wildman–Crippen MR) is 89.4 cm³/mol. The van der Waals surface area contributed by atoms with Crippen molar-refractivity contribution in [3.63, 3.8) is 0 Å². The van der Waals surface area contributed by atoms with Crippen molar-refractivity contribution >= 4 is 0 Å². The molecule has 0 aromatic carbocycles. The molecule has 0 aromatic rings. The number of unbranched alkanes of at least 4 members (excludes halogenated alkanes) is 1. The third kappa shape index (κ3) is 9.53. The van der Waals surface area contributed by atoms with Crippen LogP contribution in [0.5, 0.6) is 0 Å². The first-order valence-electron chi connectivity index (χ1n) is 7.74. The van der Waals surface area contributed by atoms with Gasteiger partial charge in [0.25, 0.3) is 0 Å². The van der Waals surface area contributed by atoms with Crippen LogP contribution >= 0.6 is 0 Å². The number of allylic oxidation sites excluding steroid dienone is 6. The van der Waals surface area contributed by atoms with E-state index in [0.717, 1.165) is 31.6 Å². The highest BCUT2D eigenvalue weighted by Gasteiger charge is 2.02. The maximum Gasteiger partial charge on any atom is -0.0245 e. The summed E-state index contributed by atoms with van der Waals surface area (Å²) in [6, 6.07) is 0. The largest absolute Gasteiger partial charge is 0.103 e. The first kappa shape index (κ1) is 18.0. The number of hydrogen-bond donors (Lipinski definition) is 0. The SMILES string of the molecule is C=CCCCC(CC)=C(C=CCC(C)C)CCC=C. The Morgan fingerprint density at radius 3 is 2.26 bits per heavy atom. The van der Waals surface area contributed by atoms with E-state index in [9.17, 15) is 0 Å². The molecule has 0 aliphatic carbocycles. The van der Waals surface area contributed by atoms with Gasteiger partial charge in [-0.15, -0.1) is 13.2 Å². The smallest absolute Gasteiger partial charge is 0.0245 e. The number of rotatable bonds is 11. The maximum absolute atomic E-state index is 3.84. The van der Waals surface area contributed by atoms with Crippen LogP contribution in [0.1, 0.15) is 65.7 Å². The van der Waals surface area contributed by atoms with Crippen molar-refractivity contribution in [2.45, 2.75) is 65.7 Å². The molecule has 0 heterocycles. The third-order valence-electron chi connectivity index (χ3n) is 3.31. The van der Waals surface area contributed by atoms with E-state index in [2.05, 4.69) is 46.1 Å². The fourth-order valence-corrected chi connectivity index (χ4v) is 2.14. The van der Waals surface area contributed by atoms with E-state index in [1.54, 1.807) is 5.57 Å². The van der Waals surface area contributed by atoms with Gasteiger partial charge in [0.05, 0.1) is 0 Å². The molecule has 0 atom stereocenters. The molecule has 0 saturated carbocycles. The molecular weight excluding hydrogens is 228 g/mol. The minimum absolute atomic E-state index is 0.739. The fraction of sp³-hybridized carbons (Fsp3) is 0.579. The van der Waals surface area contributed by atoms with Crippen molar-refractivity contribution in [3.05, 3.63) is 48.6 Å². The van der Waals surface area contributed by atoms with Crippen molar-refractivity contribution < 1.29 is 0 Å². The second-order valence-electron chi connectivity index (χ2n) is 5.52. The Morgan fingerprint density at radius 1 is 1.05 bits per heavy atom. The van der Waals surface area contributed by atoms with Gasteiger partial charge in [-0.05, 0) is 56.4 Å². The Morgan fingerprint density at radius 2 is 1.74 bits per heavy atom. The van der Waals surface area contributed by atoms with E-state index < -0.39 is 0 Å². The van der Waals surface area contributed by atoms with E-state index in [1.165, 1.54) is 24.8 Å². The van der Waals surface area contributed by atoms with Gasteiger partial charge < -0.3 is 0 Å². The summed E-state index contributed by atoms with van der Waals surface area (Å²) in [5.74, 6) is 0.739. The zero-order valence-electron chi connectivity index (χ0n) is 13.3. The lowest BCUT2D eigenvalue weighted by molar-refractivity contribution is 0.663. The first-order chi connectivity index (χ1) is 9.15. The molecule has 0 heteroatoms. The minimum atomic E-state index is 0.739. The zero-order chi connectivity index (χ0) is 14.5. The van der Waals surface area contributed by atoms with Gasteiger partial charge in [-0.2, -0.15) is 0 Å². The highest BCUT2D eigenvalue weighted by molar-refractivity contribution is 5.26. The molecule has 0 fully saturated rings. The van der Waals surface area contributed by atoms with Gasteiger partial charge in [0.15, 0.2) is 0 Å². The predicted octanol–water partition coefficient (Wildman–Crippen LogP) is 6.62. The van der Waals surface area contributed by atoms with Gasteiger partial charge in [-0.1, -0.05) is 50.6 Å². The van der Waals surface area contributed by atoms with Crippen molar-refractivity contribution in [2.24, 2.45) is 5.92 Å². The lowest BCUT2D eigenvalue weighted by Gasteiger charge is -2.11. The van der Waals surface area contributed by atoms with E-state index in [4.69, 9.17) is 0 Å². The van der Waals surface area contributed by atoms with Crippen LogP contribution in [0.3, 0.4) is 0 Å². The van der Waals surface area contributed by atoms with E-state index in [1.807, 2.05) is 12.2 Å². The molecule has 0 radical (unpaired) electrons. The molecule has 0 aliphatic rings. The highest BCUT2D eigenvalue weighted by Crippen LogP contribution is 2.22. The summed E-state index contributed by atoms with van der Waals surface area (Å²) in [7, 11) is 0. The lowest BCUT2D eigenvalue weighted by atomic mass is 9.95. The quantitative estimate of drug-likeness (QED) is 0.222. The molecule has 19 heavy (non-hydrogen) atoms. The van der Waals surface area contributed by atoms with Gasteiger partial charge in [-0.25, -0.2) is 0 Å². The standard InChI is InChI=1S/C19H32/c1-6-9-11-15-18(8-3)19(14-10-7-2)16-12-13-17(4)5/h6-7,12,16-17H,1-2,8-11,13-15H2,3-5H3. The average Bonchev–Trinajstić information content (AvgIpc) is 2.39. The zero-order valence-corrected chi connectivity index (χ0v) is 13.3. The monoisotopic (exact) mass is 260 g/mol. The van der Waals surface area contributed by atoms with Crippen LogP contribution in [-0.4, -0.2) is 0 Å². The normalized spacial score (nSPS) is 12.8. The molecule has 0 aliphatic heterocycles. The molecule has 0 amide bonds. The maximum atomic E-state index is 3.84. The molecule has 0 unspecified atom stereocenters. The van der Waals surface area contributed by atoms with Gasteiger partial charge in [-0.3, -0.25) is 0 Å². The van der Waals surface area contributed by atoms with E-state index >= 15 is 0 Å². The first-order valence-corrected chi connectivity index (χ1v) is 7.74. The summed E-state index contributed by atoms with van der Waals surface area (Å²) in [6.07, 6.45) is 16.8. The lowest BCUT2D eigenvalue weighted by Crippen LogP contribution is -1.91. The Kier molecular flexibility index (Phi) is 11.4. The second-order valence-corrected chi connectivity index (χ2v) is 5.52. The molecule has 0 spiro atoms. The summed E-state index contributed by atoms with van der Waals surface area (Å²) in [4.78, 5) is 0. The highest BCUT2D eigenvalue weighted by atomic mass is 14.1. The van der Waals surface area contributed by atoms with Crippen LogP contribution in [0.15, 0.2) is 48.6 Å². The van der Waals surface area contributed by atoms with E-state index in [-0.39, 0.29) is 0 Å². The number of hydrogen-bond acceptors (Lipinski definition) is 0. The molecule has 0 aromatic heterocycles. The molecular formula is C19H32. The summed E-state index contributed by atoms with van der Waals surface area (Å²) >= 11 is 0. The van der Waals surface area contributed by atoms with E-state index in [0.29, 0.717) is 0 Å². The fourth-order valence-electron chi connectivity index (χ4n) is 2.14. The molecule has 0 N–H and O–H groups in total. The van der Waals surface area contributed by atoms with Crippen LogP contribution in [-0.2, 0) is 0 Å². The summed E-state index contributed by atoms with van der Waals surface area (Å²) in [5, 5.41) is 0. The Hall–Kier alpha value is -1.04. The van der Waals surface area contributed by atoms with Crippen LogP contribution in [0.4, 0.5) is 0 Å². The van der Waals surface area contributed by atoms with Crippen molar-refractivity contribution in [1.29, 1.82) is 0 Å². The summed E-state index contributed by atoms with van der Waals surface area (Å²) < 4.78 is 0. The van der Waals surface area contributed by atoms with Crippen LogP contribution in [0, 0.1) is 5.92 Å². The van der Waals surface area contributed by atoms with Crippen LogP contribution in [0.25, 0.3) is 0 Å².